The third-order valence-electron chi connectivity index (χ3n) is 6.64. The van der Waals surface area contributed by atoms with E-state index >= 15 is 0 Å². The summed E-state index contributed by atoms with van der Waals surface area (Å²) in [4.78, 5) is 26.9. The van der Waals surface area contributed by atoms with E-state index < -0.39 is 29.1 Å². The summed E-state index contributed by atoms with van der Waals surface area (Å²) < 4.78 is 33.3. The van der Waals surface area contributed by atoms with Gasteiger partial charge in [0.15, 0.2) is 5.92 Å². The number of esters is 2. The van der Waals surface area contributed by atoms with Crippen LogP contribution in [0.2, 0.25) is 0 Å². The van der Waals surface area contributed by atoms with Gasteiger partial charge in [-0.1, -0.05) is 26.2 Å². The van der Waals surface area contributed by atoms with Crippen molar-refractivity contribution in [3.05, 3.63) is 47.5 Å². The van der Waals surface area contributed by atoms with Crippen LogP contribution in [-0.4, -0.2) is 53.5 Å². The quantitative estimate of drug-likeness (QED) is 0.164. The normalized spacial score (nSPS) is 11.2. The van der Waals surface area contributed by atoms with Gasteiger partial charge in [0.2, 0.25) is 0 Å². The van der Waals surface area contributed by atoms with Crippen LogP contribution >= 0.6 is 0 Å². The van der Waals surface area contributed by atoms with Crippen molar-refractivity contribution >= 4 is 11.9 Å². The minimum Gasteiger partial charge on any atom is -0.497 e. The van der Waals surface area contributed by atoms with Gasteiger partial charge in [-0.3, -0.25) is 9.59 Å². The molecular formula is C32H50N2O8. The van der Waals surface area contributed by atoms with E-state index in [1.807, 2.05) is 0 Å². The lowest BCUT2D eigenvalue weighted by Gasteiger charge is -2.31. The van der Waals surface area contributed by atoms with Crippen molar-refractivity contribution < 1.29 is 38.0 Å². The zero-order valence-corrected chi connectivity index (χ0v) is 26.7. The Morgan fingerprint density at radius 1 is 0.643 bits per heavy atom. The van der Waals surface area contributed by atoms with Crippen molar-refractivity contribution in [1.82, 2.24) is 0 Å². The van der Waals surface area contributed by atoms with Crippen molar-refractivity contribution in [2.24, 2.45) is 17.4 Å². The van der Waals surface area contributed by atoms with Gasteiger partial charge in [0.25, 0.3) is 0 Å². The largest absolute Gasteiger partial charge is 0.497 e. The van der Waals surface area contributed by atoms with E-state index in [0.29, 0.717) is 60.1 Å². The number of hydrogen-bond acceptors (Lipinski definition) is 10. The number of benzene rings is 2. The standard InChI is InChI=1S/C30H42O8.C2H8N2/c1-10-11-12-13-26(27(31)37-29(2,3)20-14-22(33-6)18-23(15-20)34-7)28(32)38-30(4,5)21-16-24(35-8)19-25(17-21)36-9;3-1-2-4/h14-19,26H,10-13H2,1-9H3;1-4H2. The van der Waals surface area contributed by atoms with Crippen LogP contribution in [0.1, 0.15) is 71.4 Å². The molecule has 0 aromatic heterocycles. The summed E-state index contributed by atoms with van der Waals surface area (Å²) in [6.45, 7) is 10.3. The van der Waals surface area contributed by atoms with E-state index in [2.05, 4.69) is 6.92 Å². The first-order valence-corrected chi connectivity index (χ1v) is 14.1. The maximum absolute atomic E-state index is 13.5. The van der Waals surface area contributed by atoms with Gasteiger partial charge < -0.3 is 39.9 Å². The lowest BCUT2D eigenvalue weighted by Crippen LogP contribution is -2.37. The second-order valence-electron chi connectivity index (χ2n) is 10.7. The average molecular weight is 591 g/mol. The highest BCUT2D eigenvalue weighted by Crippen LogP contribution is 2.35. The molecule has 0 spiro atoms. The summed E-state index contributed by atoms with van der Waals surface area (Å²) in [5, 5.41) is 0. The first-order valence-electron chi connectivity index (χ1n) is 14.1. The number of hydrogen-bond donors (Lipinski definition) is 2. The van der Waals surface area contributed by atoms with Gasteiger partial charge in [-0.15, -0.1) is 0 Å². The third-order valence-corrected chi connectivity index (χ3v) is 6.64. The SMILES string of the molecule is CCCCCC(C(=O)OC(C)(C)c1cc(OC)cc(OC)c1)C(=O)OC(C)(C)c1cc(OC)cc(OC)c1.NCCN. The molecule has 10 heteroatoms. The number of unbranched alkanes of at least 4 members (excludes halogenated alkanes) is 2. The van der Waals surface area contributed by atoms with E-state index in [1.165, 1.54) is 0 Å². The third kappa shape index (κ3) is 11.1. The average Bonchev–Trinajstić information content (AvgIpc) is 2.98. The topological polar surface area (TPSA) is 142 Å². The Bertz CT molecular complexity index is 1010. The number of carbonyl (C=O) groups is 2. The summed E-state index contributed by atoms with van der Waals surface area (Å²) in [5.41, 5.74) is 9.04. The van der Waals surface area contributed by atoms with Crippen LogP contribution in [0, 0.1) is 5.92 Å². The molecule has 42 heavy (non-hydrogen) atoms. The molecule has 2 aromatic rings. The van der Waals surface area contributed by atoms with Crippen molar-refractivity contribution in [2.75, 3.05) is 41.5 Å². The Labute approximate surface area is 250 Å². The molecule has 0 aliphatic heterocycles. The van der Waals surface area contributed by atoms with Crippen LogP contribution in [0.5, 0.6) is 23.0 Å². The Hall–Kier alpha value is -3.50. The van der Waals surface area contributed by atoms with Gasteiger partial charge in [-0.25, -0.2) is 0 Å². The number of nitrogens with two attached hydrogens (primary N) is 2. The summed E-state index contributed by atoms with van der Waals surface area (Å²) in [6.07, 6.45) is 2.83. The van der Waals surface area contributed by atoms with E-state index in [4.69, 9.17) is 39.9 Å². The molecule has 0 radical (unpaired) electrons. The van der Waals surface area contributed by atoms with Crippen LogP contribution in [0.4, 0.5) is 0 Å². The smallest absolute Gasteiger partial charge is 0.321 e. The molecule has 0 heterocycles. The molecular weight excluding hydrogens is 540 g/mol. The summed E-state index contributed by atoms with van der Waals surface area (Å²) >= 11 is 0. The molecule has 0 atom stereocenters. The van der Waals surface area contributed by atoms with E-state index in [0.717, 1.165) is 12.8 Å². The van der Waals surface area contributed by atoms with Crippen molar-refractivity contribution in [3.8, 4) is 23.0 Å². The van der Waals surface area contributed by atoms with Crippen molar-refractivity contribution in [2.45, 2.75) is 71.5 Å². The lowest BCUT2D eigenvalue weighted by atomic mass is 9.95. The summed E-state index contributed by atoms with van der Waals surface area (Å²) in [6, 6.07) is 10.6. The maximum Gasteiger partial charge on any atom is 0.321 e. The maximum atomic E-state index is 13.5. The molecule has 2 rings (SSSR count). The minimum atomic E-state index is -1.08. The Morgan fingerprint density at radius 2 is 0.976 bits per heavy atom. The molecule has 0 unspecified atom stereocenters. The van der Waals surface area contributed by atoms with Crippen LogP contribution in [0.3, 0.4) is 0 Å². The molecule has 0 aliphatic rings. The highest BCUT2D eigenvalue weighted by atomic mass is 16.6. The number of carbonyl (C=O) groups excluding carboxylic acids is 2. The number of rotatable bonds is 15. The fraction of sp³-hybridized carbons (Fsp3) is 0.562. The monoisotopic (exact) mass is 590 g/mol. The predicted octanol–water partition coefficient (Wildman–Crippen LogP) is 5.08. The highest BCUT2D eigenvalue weighted by Gasteiger charge is 2.38. The Balaban J connectivity index is 0.00000206. The number of ether oxygens (including phenoxy) is 6. The van der Waals surface area contributed by atoms with Gasteiger partial charge >= 0.3 is 11.9 Å². The van der Waals surface area contributed by atoms with E-state index in [-0.39, 0.29) is 0 Å². The van der Waals surface area contributed by atoms with Crippen molar-refractivity contribution in [1.29, 1.82) is 0 Å². The molecule has 0 bridgehead atoms. The molecule has 2 aromatic carbocycles. The highest BCUT2D eigenvalue weighted by molar-refractivity contribution is 5.95. The second kappa shape index (κ2) is 17.5. The molecule has 0 saturated carbocycles. The summed E-state index contributed by atoms with van der Waals surface area (Å²) in [5.74, 6) is -0.0969. The molecule has 0 saturated heterocycles. The zero-order chi connectivity index (χ0) is 31.9. The second-order valence-corrected chi connectivity index (χ2v) is 10.7. The van der Waals surface area contributed by atoms with Gasteiger partial charge in [0.1, 0.15) is 34.2 Å². The van der Waals surface area contributed by atoms with E-state index in [1.54, 1.807) is 92.5 Å². The molecule has 4 N–H and O–H groups in total. The molecule has 236 valence electrons. The Morgan fingerprint density at radius 3 is 1.24 bits per heavy atom. The van der Waals surface area contributed by atoms with Crippen LogP contribution in [-0.2, 0) is 30.3 Å². The first kappa shape index (κ1) is 36.5. The molecule has 10 nitrogen and oxygen atoms in total. The first-order chi connectivity index (χ1) is 19.8. The predicted molar refractivity (Wildman–Crippen MR) is 163 cm³/mol. The lowest BCUT2D eigenvalue weighted by molar-refractivity contribution is -0.177. The van der Waals surface area contributed by atoms with Gasteiger partial charge in [0.05, 0.1) is 28.4 Å². The molecule has 0 fully saturated rings. The van der Waals surface area contributed by atoms with Crippen molar-refractivity contribution in [3.63, 3.8) is 0 Å². The van der Waals surface area contributed by atoms with Gasteiger partial charge in [-0.2, -0.15) is 0 Å². The number of methoxy groups -OCH3 is 4. The van der Waals surface area contributed by atoms with Gasteiger partial charge in [0, 0.05) is 36.3 Å². The van der Waals surface area contributed by atoms with E-state index in [9.17, 15) is 9.59 Å². The fourth-order valence-electron chi connectivity index (χ4n) is 4.00. The molecule has 0 aliphatic carbocycles. The fourth-order valence-corrected chi connectivity index (χ4v) is 4.00. The molecule has 0 amide bonds. The Kier molecular flexibility index (Phi) is 15.2. The van der Waals surface area contributed by atoms with Gasteiger partial charge in [-0.05, 0) is 58.4 Å². The zero-order valence-electron chi connectivity index (χ0n) is 26.7. The van der Waals surface area contributed by atoms with Crippen LogP contribution < -0.4 is 30.4 Å². The summed E-state index contributed by atoms with van der Waals surface area (Å²) in [7, 11) is 6.21. The minimum absolute atomic E-state index is 0.320. The van der Waals surface area contributed by atoms with Crippen LogP contribution in [0.25, 0.3) is 0 Å². The van der Waals surface area contributed by atoms with Crippen LogP contribution in [0.15, 0.2) is 36.4 Å².